The minimum absolute atomic E-state index is 0.000876. The van der Waals surface area contributed by atoms with Gasteiger partial charge in [0.15, 0.2) is 0 Å². The van der Waals surface area contributed by atoms with E-state index in [1.807, 2.05) is 36.9 Å². The second kappa shape index (κ2) is 7.09. The van der Waals surface area contributed by atoms with Gasteiger partial charge in [-0.15, -0.1) is 0 Å². The van der Waals surface area contributed by atoms with Gasteiger partial charge in [0.1, 0.15) is 0 Å². The zero-order chi connectivity index (χ0) is 14.5. The van der Waals surface area contributed by atoms with Crippen molar-refractivity contribution >= 4 is 22.0 Å². The number of ether oxygens (including phenoxy) is 1. The molecule has 1 aliphatic rings. The van der Waals surface area contributed by atoms with E-state index >= 15 is 0 Å². The number of hydrogen-bond acceptors (Lipinski definition) is 2. The van der Waals surface area contributed by atoms with Crippen LogP contribution < -0.4 is 5.32 Å². The van der Waals surface area contributed by atoms with E-state index in [1.54, 1.807) is 0 Å². The topological polar surface area (TPSA) is 41.6 Å². The molecule has 20 heavy (non-hydrogen) atoms. The Kier molecular flexibility index (Phi) is 5.43. The lowest BCUT2D eigenvalue weighted by molar-refractivity contribution is -0.0544. The van der Waals surface area contributed by atoms with E-state index < -0.39 is 0 Å². The highest BCUT2D eigenvalue weighted by Crippen LogP contribution is 2.16. The number of urea groups is 1. The number of carbonyl (C=O) groups excluding carboxylic acids is 1. The van der Waals surface area contributed by atoms with Gasteiger partial charge in [0, 0.05) is 24.1 Å². The molecule has 2 amide bonds. The molecule has 110 valence electrons. The first-order valence-electron chi connectivity index (χ1n) is 6.98. The van der Waals surface area contributed by atoms with Crippen LogP contribution in [-0.2, 0) is 11.2 Å². The maximum Gasteiger partial charge on any atom is 0.317 e. The summed E-state index contributed by atoms with van der Waals surface area (Å²) in [6, 6.07) is 8.08. The van der Waals surface area contributed by atoms with Gasteiger partial charge in [0.2, 0.25) is 0 Å². The number of halogens is 1. The van der Waals surface area contributed by atoms with Gasteiger partial charge in [0.05, 0.1) is 12.2 Å². The molecule has 2 atom stereocenters. The number of amides is 2. The molecule has 1 N–H and O–H groups in total. The molecule has 0 aliphatic carbocycles. The van der Waals surface area contributed by atoms with Gasteiger partial charge in [-0.25, -0.2) is 4.79 Å². The van der Waals surface area contributed by atoms with Crippen LogP contribution in [0.3, 0.4) is 0 Å². The van der Waals surface area contributed by atoms with E-state index in [0.29, 0.717) is 19.6 Å². The van der Waals surface area contributed by atoms with Gasteiger partial charge < -0.3 is 15.0 Å². The van der Waals surface area contributed by atoms with Crippen molar-refractivity contribution in [1.82, 2.24) is 10.2 Å². The molecule has 0 bridgehead atoms. The van der Waals surface area contributed by atoms with E-state index in [9.17, 15) is 4.79 Å². The number of rotatable bonds is 3. The van der Waals surface area contributed by atoms with Crippen molar-refractivity contribution in [3.63, 3.8) is 0 Å². The Morgan fingerprint density at radius 3 is 2.65 bits per heavy atom. The molecule has 0 saturated carbocycles. The summed E-state index contributed by atoms with van der Waals surface area (Å²) in [5, 5.41) is 2.98. The summed E-state index contributed by atoms with van der Waals surface area (Å²) in [6.45, 7) is 5.95. The predicted octanol–water partition coefficient (Wildman–Crippen LogP) is 2.81. The van der Waals surface area contributed by atoms with Crippen molar-refractivity contribution in [2.75, 3.05) is 19.6 Å². The second-order valence-corrected chi connectivity index (χ2v) is 6.09. The fourth-order valence-corrected chi connectivity index (χ4v) is 2.94. The van der Waals surface area contributed by atoms with Gasteiger partial charge in [0.25, 0.3) is 0 Å². The van der Waals surface area contributed by atoms with Gasteiger partial charge >= 0.3 is 6.03 Å². The highest BCUT2D eigenvalue weighted by Gasteiger charge is 2.25. The molecule has 0 aromatic heterocycles. The Morgan fingerprint density at radius 2 is 2.00 bits per heavy atom. The monoisotopic (exact) mass is 340 g/mol. The van der Waals surface area contributed by atoms with E-state index in [2.05, 4.69) is 27.3 Å². The fourth-order valence-electron chi connectivity index (χ4n) is 2.46. The first-order valence-corrected chi connectivity index (χ1v) is 7.77. The van der Waals surface area contributed by atoms with Gasteiger partial charge in [-0.1, -0.05) is 34.1 Å². The van der Waals surface area contributed by atoms with Crippen LogP contribution in [0.4, 0.5) is 4.79 Å². The lowest BCUT2D eigenvalue weighted by Gasteiger charge is -2.35. The van der Waals surface area contributed by atoms with Gasteiger partial charge in [-0.3, -0.25) is 0 Å². The predicted molar refractivity (Wildman–Crippen MR) is 82.8 cm³/mol. The maximum atomic E-state index is 12.1. The summed E-state index contributed by atoms with van der Waals surface area (Å²) in [7, 11) is 0. The molecule has 4 nitrogen and oxygen atoms in total. The summed E-state index contributed by atoms with van der Waals surface area (Å²) in [6.07, 6.45) is 1.03. The van der Waals surface area contributed by atoms with Crippen molar-refractivity contribution in [3.8, 4) is 0 Å². The highest BCUT2D eigenvalue weighted by atomic mass is 79.9. The van der Waals surface area contributed by atoms with Crippen molar-refractivity contribution in [3.05, 3.63) is 34.3 Å². The minimum Gasteiger partial charge on any atom is -0.372 e. The van der Waals surface area contributed by atoms with E-state index in [0.717, 1.165) is 10.9 Å². The zero-order valence-corrected chi connectivity index (χ0v) is 13.5. The largest absolute Gasteiger partial charge is 0.372 e. The van der Waals surface area contributed by atoms with Crippen LogP contribution in [0, 0.1) is 0 Å². The SMILES string of the molecule is CC1CN(C(=O)NCCc2ccccc2Br)CC(C)O1. The Bertz CT molecular complexity index is 457. The highest BCUT2D eigenvalue weighted by molar-refractivity contribution is 9.10. The van der Waals surface area contributed by atoms with E-state index in [4.69, 9.17) is 4.74 Å². The van der Waals surface area contributed by atoms with Crippen molar-refractivity contribution in [1.29, 1.82) is 0 Å². The molecule has 2 rings (SSSR count). The second-order valence-electron chi connectivity index (χ2n) is 5.24. The Labute approximate surface area is 128 Å². The summed E-state index contributed by atoms with van der Waals surface area (Å²) in [5.41, 5.74) is 1.21. The van der Waals surface area contributed by atoms with Crippen molar-refractivity contribution in [2.24, 2.45) is 0 Å². The molecule has 1 fully saturated rings. The number of nitrogens with one attached hydrogen (secondary N) is 1. The Balaban J connectivity index is 1.79. The van der Waals surface area contributed by atoms with Crippen molar-refractivity contribution < 1.29 is 9.53 Å². The van der Waals surface area contributed by atoms with Crippen LogP contribution in [0.15, 0.2) is 28.7 Å². The first kappa shape index (κ1) is 15.3. The quantitative estimate of drug-likeness (QED) is 0.919. The standard InChI is InChI=1S/C15H21BrN2O2/c1-11-9-18(10-12(2)20-11)15(19)17-8-7-13-5-3-4-6-14(13)16/h3-6,11-12H,7-10H2,1-2H3,(H,17,19). The van der Waals surface area contributed by atoms with E-state index in [1.165, 1.54) is 5.56 Å². The lowest BCUT2D eigenvalue weighted by Crippen LogP contribution is -2.51. The number of carbonyl (C=O) groups is 1. The van der Waals surface area contributed by atoms with Crippen molar-refractivity contribution in [2.45, 2.75) is 32.5 Å². The van der Waals surface area contributed by atoms with Gasteiger partial charge in [-0.05, 0) is 31.9 Å². The maximum absolute atomic E-state index is 12.1. The molecule has 0 spiro atoms. The average molecular weight is 341 g/mol. The smallest absolute Gasteiger partial charge is 0.317 e. The lowest BCUT2D eigenvalue weighted by atomic mass is 10.1. The number of nitrogens with zero attached hydrogens (tertiary/aromatic N) is 1. The van der Waals surface area contributed by atoms with Crippen LogP contribution in [0.25, 0.3) is 0 Å². The molecular formula is C15H21BrN2O2. The zero-order valence-electron chi connectivity index (χ0n) is 11.9. The molecule has 1 aliphatic heterocycles. The van der Waals surface area contributed by atoms with Crippen LogP contribution >= 0.6 is 15.9 Å². The number of morpholine rings is 1. The van der Waals surface area contributed by atoms with E-state index in [-0.39, 0.29) is 18.2 Å². The molecule has 1 heterocycles. The van der Waals surface area contributed by atoms with Crippen LogP contribution in [0.5, 0.6) is 0 Å². The summed E-state index contributed by atoms with van der Waals surface area (Å²) >= 11 is 3.52. The summed E-state index contributed by atoms with van der Waals surface area (Å²) in [4.78, 5) is 13.9. The molecule has 1 saturated heterocycles. The molecule has 0 radical (unpaired) electrons. The minimum atomic E-state index is -0.000876. The number of benzene rings is 1. The summed E-state index contributed by atoms with van der Waals surface area (Å²) in [5.74, 6) is 0. The third-order valence-corrected chi connectivity index (χ3v) is 4.11. The summed E-state index contributed by atoms with van der Waals surface area (Å²) < 4.78 is 6.71. The van der Waals surface area contributed by atoms with Crippen LogP contribution in [-0.4, -0.2) is 42.8 Å². The van der Waals surface area contributed by atoms with Crippen LogP contribution in [0.2, 0.25) is 0 Å². The molecule has 2 unspecified atom stereocenters. The van der Waals surface area contributed by atoms with Gasteiger partial charge in [-0.2, -0.15) is 0 Å². The third kappa shape index (κ3) is 4.21. The molecule has 5 heteroatoms. The average Bonchev–Trinajstić information content (AvgIpc) is 2.39. The Morgan fingerprint density at radius 1 is 1.35 bits per heavy atom. The normalized spacial score (nSPS) is 22.6. The van der Waals surface area contributed by atoms with Crippen LogP contribution in [0.1, 0.15) is 19.4 Å². The fraction of sp³-hybridized carbons (Fsp3) is 0.533. The Hall–Kier alpha value is -1.07. The molecule has 1 aromatic rings. The number of hydrogen-bond donors (Lipinski definition) is 1. The molecule has 1 aromatic carbocycles. The first-order chi connectivity index (χ1) is 9.56. The molecular weight excluding hydrogens is 320 g/mol. The third-order valence-electron chi connectivity index (χ3n) is 3.34.